The van der Waals surface area contributed by atoms with Gasteiger partial charge >= 0.3 is 12.0 Å². The zero-order valence-corrected chi connectivity index (χ0v) is 11.3. The number of aliphatic carboxylic acids is 1. The second kappa shape index (κ2) is 10.3. The van der Waals surface area contributed by atoms with Gasteiger partial charge in [-0.3, -0.25) is 0 Å². The van der Waals surface area contributed by atoms with Gasteiger partial charge in [-0.1, -0.05) is 19.8 Å². The Morgan fingerprint density at radius 1 is 1.35 bits per heavy atom. The number of rotatable bonds is 9. The summed E-state index contributed by atoms with van der Waals surface area (Å²) in [6.07, 6.45) is 5.08. The van der Waals surface area contributed by atoms with E-state index in [-0.39, 0.29) is 0 Å². The number of thioether (sulfide) groups is 1. The Bertz CT molecular complexity index is 237. The van der Waals surface area contributed by atoms with Gasteiger partial charge in [-0.25, -0.2) is 9.59 Å². The van der Waals surface area contributed by atoms with Crippen molar-refractivity contribution in [1.82, 2.24) is 10.6 Å². The standard InChI is InChI=1S/C11H22N2O3S/c1-3-4-6-9(10(14)15)13-11(16)12-7-5-8-17-2/h9H,3-8H2,1-2H3,(H,14,15)(H2,12,13,16). The molecule has 0 aliphatic rings. The number of carbonyl (C=O) groups excluding carboxylic acids is 1. The number of nitrogens with one attached hydrogen (secondary N) is 2. The highest BCUT2D eigenvalue weighted by molar-refractivity contribution is 7.98. The van der Waals surface area contributed by atoms with Crippen LogP contribution >= 0.6 is 11.8 Å². The molecule has 1 unspecified atom stereocenters. The molecule has 0 saturated heterocycles. The molecule has 0 aromatic heterocycles. The summed E-state index contributed by atoms with van der Waals surface area (Å²) < 4.78 is 0. The van der Waals surface area contributed by atoms with Crippen LogP contribution in [-0.2, 0) is 4.79 Å². The molecular weight excluding hydrogens is 240 g/mol. The first-order chi connectivity index (χ1) is 8.11. The molecule has 0 bridgehead atoms. The molecule has 0 aliphatic carbocycles. The third-order valence-electron chi connectivity index (χ3n) is 2.26. The Morgan fingerprint density at radius 3 is 2.59 bits per heavy atom. The predicted octanol–water partition coefficient (Wildman–Crippen LogP) is 1.68. The maximum atomic E-state index is 11.4. The van der Waals surface area contributed by atoms with Crippen LogP contribution in [-0.4, -0.2) is 41.7 Å². The molecular formula is C11H22N2O3S. The highest BCUT2D eigenvalue weighted by Crippen LogP contribution is 2.00. The van der Waals surface area contributed by atoms with Gasteiger partial charge in [0.15, 0.2) is 0 Å². The Hall–Kier alpha value is -0.910. The molecule has 0 aromatic carbocycles. The van der Waals surface area contributed by atoms with Crippen molar-refractivity contribution in [2.24, 2.45) is 0 Å². The molecule has 0 heterocycles. The van der Waals surface area contributed by atoms with Gasteiger partial charge in [0.25, 0.3) is 0 Å². The van der Waals surface area contributed by atoms with Gasteiger partial charge in [0.1, 0.15) is 6.04 Å². The number of urea groups is 1. The number of carbonyl (C=O) groups is 2. The van der Waals surface area contributed by atoms with Crippen LogP contribution in [0.1, 0.15) is 32.6 Å². The lowest BCUT2D eigenvalue weighted by Crippen LogP contribution is -2.46. The summed E-state index contributed by atoms with van der Waals surface area (Å²) in [6, 6.07) is -1.18. The van der Waals surface area contributed by atoms with Gasteiger partial charge in [0.2, 0.25) is 0 Å². The maximum absolute atomic E-state index is 11.4. The molecule has 0 radical (unpaired) electrons. The van der Waals surface area contributed by atoms with E-state index in [2.05, 4.69) is 10.6 Å². The van der Waals surface area contributed by atoms with Gasteiger partial charge in [-0.05, 0) is 24.9 Å². The van der Waals surface area contributed by atoms with Crippen molar-refractivity contribution in [3.63, 3.8) is 0 Å². The Morgan fingerprint density at radius 2 is 2.06 bits per heavy atom. The van der Waals surface area contributed by atoms with Crippen molar-refractivity contribution in [3.8, 4) is 0 Å². The highest BCUT2D eigenvalue weighted by atomic mass is 32.2. The Balaban J connectivity index is 3.83. The van der Waals surface area contributed by atoms with Crippen LogP contribution in [0, 0.1) is 0 Å². The van der Waals surface area contributed by atoms with E-state index in [9.17, 15) is 9.59 Å². The molecule has 0 spiro atoms. The minimum atomic E-state index is -0.974. The van der Waals surface area contributed by atoms with Crippen LogP contribution in [0.2, 0.25) is 0 Å². The number of carboxylic acid groups (broad SMARTS) is 1. The molecule has 100 valence electrons. The van der Waals surface area contributed by atoms with Crippen LogP contribution in [0.5, 0.6) is 0 Å². The number of carboxylic acids is 1. The monoisotopic (exact) mass is 262 g/mol. The number of hydrogen-bond acceptors (Lipinski definition) is 3. The van der Waals surface area contributed by atoms with Gasteiger partial charge < -0.3 is 15.7 Å². The lowest BCUT2D eigenvalue weighted by Gasteiger charge is -2.14. The van der Waals surface area contributed by atoms with Gasteiger partial charge in [0.05, 0.1) is 0 Å². The highest BCUT2D eigenvalue weighted by Gasteiger charge is 2.18. The van der Waals surface area contributed by atoms with E-state index < -0.39 is 18.0 Å². The number of unbranched alkanes of at least 4 members (excludes halogenated alkanes) is 1. The first-order valence-corrected chi connectivity index (χ1v) is 7.27. The fourth-order valence-electron chi connectivity index (χ4n) is 1.29. The molecule has 0 saturated carbocycles. The number of amides is 2. The van der Waals surface area contributed by atoms with Crippen molar-refractivity contribution in [2.75, 3.05) is 18.6 Å². The van der Waals surface area contributed by atoms with E-state index in [0.717, 1.165) is 25.0 Å². The van der Waals surface area contributed by atoms with E-state index >= 15 is 0 Å². The first-order valence-electron chi connectivity index (χ1n) is 5.88. The summed E-state index contributed by atoms with van der Waals surface area (Å²) in [7, 11) is 0. The van der Waals surface area contributed by atoms with Crippen molar-refractivity contribution in [2.45, 2.75) is 38.6 Å². The minimum Gasteiger partial charge on any atom is -0.480 e. The Labute approximate surface area is 107 Å². The van der Waals surface area contributed by atoms with E-state index in [1.165, 1.54) is 0 Å². The summed E-state index contributed by atoms with van der Waals surface area (Å²) in [5, 5.41) is 14.0. The molecule has 0 aromatic rings. The number of hydrogen-bond donors (Lipinski definition) is 3. The second-order valence-corrected chi connectivity index (χ2v) is 4.77. The van der Waals surface area contributed by atoms with Gasteiger partial charge in [-0.2, -0.15) is 11.8 Å². The summed E-state index contributed by atoms with van der Waals surface area (Å²) in [6.45, 7) is 2.56. The first kappa shape index (κ1) is 16.1. The van der Waals surface area contributed by atoms with E-state index in [1.54, 1.807) is 11.8 Å². The summed E-state index contributed by atoms with van der Waals surface area (Å²) in [5.74, 6) is 0.0103. The molecule has 17 heavy (non-hydrogen) atoms. The molecule has 1 atom stereocenters. The van der Waals surface area contributed by atoms with Crippen LogP contribution in [0.4, 0.5) is 4.79 Å². The molecule has 2 amide bonds. The molecule has 3 N–H and O–H groups in total. The largest absolute Gasteiger partial charge is 0.480 e. The van der Waals surface area contributed by atoms with Crippen LogP contribution in [0.3, 0.4) is 0 Å². The zero-order valence-electron chi connectivity index (χ0n) is 10.5. The van der Waals surface area contributed by atoms with Crippen LogP contribution < -0.4 is 10.6 Å². The van der Waals surface area contributed by atoms with Crippen molar-refractivity contribution in [1.29, 1.82) is 0 Å². The SMILES string of the molecule is CCCCC(NC(=O)NCCCSC)C(=O)O. The van der Waals surface area contributed by atoms with Crippen molar-refractivity contribution < 1.29 is 14.7 Å². The quantitative estimate of drug-likeness (QED) is 0.552. The molecule has 0 aliphatic heterocycles. The normalized spacial score (nSPS) is 11.9. The lowest BCUT2D eigenvalue weighted by atomic mass is 10.1. The molecule has 6 heteroatoms. The van der Waals surface area contributed by atoms with Gasteiger partial charge in [0, 0.05) is 6.54 Å². The third-order valence-corrected chi connectivity index (χ3v) is 2.96. The third kappa shape index (κ3) is 8.85. The lowest BCUT2D eigenvalue weighted by molar-refractivity contribution is -0.139. The van der Waals surface area contributed by atoms with Crippen LogP contribution in [0.25, 0.3) is 0 Å². The summed E-state index contributed by atoms with van der Waals surface area (Å²) in [4.78, 5) is 22.3. The van der Waals surface area contributed by atoms with Crippen molar-refractivity contribution in [3.05, 3.63) is 0 Å². The van der Waals surface area contributed by atoms with Crippen molar-refractivity contribution >= 4 is 23.8 Å². The smallest absolute Gasteiger partial charge is 0.326 e. The van der Waals surface area contributed by atoms with Crippen LogP contribution in [0.15, 0.2) is 0 Å². The zero-order chi connectivity index (χ0) is 13.1. The molecule has 0 rings (SSSR count). The van der Waals surface area contributed by atoms with Gasteiger partial charge in [-0.15, -0.1) is 0 Å². The summed E-state index contributed by atoms with van der Waals surface area (Å²) >= 11 is 1.72. The maximum Gasteiger partial charge on any atom is 0.326 e. The fraction of sp³-hybridized carbons (Fsp3) is 0.818. The molecule has 0 fully saturated rings. The fourth-order valence-corrected chi connectivity index (χ4v) is 1.73. The van der Waals surface area contributed by atoms with E-state index in [0.29, 0.717) is 13.0 Å². The van der Waals surface area contributed by atoms with E-state index in [4.69, 9.17) is 5.11 Å². The second-order valence-electron chi connectivity index (χ2n) is 3.78. The Kier molecular flexibility index (Phi) is 9.71. The average molecular weight is 262 g/mol. The predicted molar refractivity (Wildman–Crippen MR) is 70.5 cm³/mol. The summed E-state index contributed by atoms with van der Waals surface area (Å²) in [5.41, 5.74) is 0. The molecule has 5 nitrogen and oxygen atoms in total. The minimum absolute atomic E-state index is 0.394. The average Bonchev–Trinajstić information content (AvgIpc) is 2.29. The van der Waals surface area contributed by atoms with E-state index in [1.807, 2.05) is 13.2 Å². The topological polar surface area (TPSA) is 78.4 Å².